The molecule has 0 aliphatic rings. The summed E-state index contributed by atoms with van der Waals surface area (Å²) in [7, 11) is 1.48. The van der Waals surface area contributed by atoms with Gasteiger partial charge in [0.1, 0.15) is 22.3 Å². The number of fused-ring (bicyclic) bond motifs is 2. The molecule has 7 heteroatoms. The first-order valence-corrected chi connectivity index (χ1v) is 9.58. The fourth-order valence-corrected chi connectivity index (χ4v) is 4.37. The Morgan fingerprint density at radius 1 is 1.19 bits per heavy atom. The van der Waals surface area contributed by atoms with Gasteiger partial charge in [0.25, 0.3) is 5.56 Å². The van der Waals surface area contributed by atoms with E-state index in [0.717, 1.165) is 9.95 Å². The molecule has 0 amide bonds. The van der Waals surface area contributed by atoms with E-state index in [-0.39, 0.29) is 17.2 Å². The van der Waals surface area contributed by atoms with Gasteiger partial charge in [-0.05, 0) is 24.1 Å². The molecule has 6 nitrogen and oxygen atoms in total. The number of rotatable bonds is 4. The quantitative estimate of drug-likeness (QED) is 0.586. The Balaban J connectivity index is 1.88. The van der Waals surface area contributed by atoms with Crippen LogP contribution in [0.2, 0.25) is 0 Å². The third-order valence-corrected chi connectivity index (χ3v) is 5.77. The summed E-state index contributed by atoms with van der Waals surface area (Å²) in [5.41, 5.74) is 0.00225. The zero-order chi connectivity index (χ0) is 19.3. The Kier molecular flexibility index (Phi) is 4.28. The van der Waals surface area contributed by atoms with Gasteiger partial charge < -0.3 is 9.52 Å². The lowest BCUT2D eigenvalue weighted by molar-refractivity contribution is 0.196. The first kappa shape index (κ1) is 17.8. The summed E-state index contributed by atoms with van der Waals surface area (Å²) in [4.78, 5) is 26.3. The Morgan fingerprint density at radius 2 is 1.93 bits per heavy atom. The van der Waals surface area contributed by atoms with Crippen LogP contribution in [0.1, 0.15) is 30.6 Å². The van der Waals surface area contributed by atoms with Gasteiger partial charge >= 0.3 is 5.69 Å². The Morgan fingerprint density at radius 3 is 2.63 bits per heavy atom. The monoisotopic (exact) mass is 384 g/mol. The van der Waals surface area contributed by atoms with Crippen molar-refractivity contribution in [1.82, 2.24) is 9.13 Å². The molecule has 4 rings (SSSR count). The van der Waals surface area contributed by atoms with Gasteiger partial charge in [-0.3, -0.25) is 13.9 Å². The maximum absolute atomic E-state index is 12.6. The molecule has 0 fully saturated rings. The van der Waals surface area contributed by atoms with E-state index in [9.17, 15) is 14.7 Å². The standard InChI is InChI=1S/C20H20N2O4S/c1-11(2)10-22-19-13(18(24)21(3)20(22)25)9-16(27-19)17(23)15-8-12-6-4-5-7-14(12)26-15/h4-9,11,17,23H,10H2,1-3H3. The lowest BCUT2D eigenvalue weighted by Gasteiger charge is -2.11. The van der Waals surface area contributed by atoms with Gasteiger partial charge in [0.05, 0.1) is 5.39 Å². The zero-order valence-corrected chi connectivity index (χ0v) is 16.1. The van der Waals surface area contributed by atoms with Crippen LogP contribution in [0, 0.1) is 5.92 Å². The second-order valence-electron chi connectivity index (χ2n) is 7.11. The third-order valence-electron chi connectivity index (χ3n) is 4.56. The molecule has 4 aromatic rings. The number of nitrogens with zero attached hydrogens (tertiary/aromatic N) is 2. The van der Waals surface area contributed by atoms with Crippen molar-refractivity contribution in [1.29, 1.82) is 0 Å². The van der Waals surface area contributed by atoms with E-state index >= 15 is 0 Å². The number of benzene rings is 1. The number of thiophene rings is 1. The smallest absolute Gasteiger partial charge is 0.331 e. The molecule has 1 aromatic carbocycles. The molecule has 0 aliphatic heterocycles. The van der Waals surface area contributed by atoms with Crippen molar-refractivity contribution in [2.24, 2.45) is 13.0 Å². The van der Waals surface area contributed by atoms with E-state index in [4.69, 9.17) is 4.42 Å². The van der Waals surface area contributed by atoms with E-state index in [1.165, 1.54) is 18.4 Å². The minimum Gasteiger partial charge on any atom is -0.458 e. The molecule has 0 aliphatic carbocycles. The summed E-state index contributed by atoms with van der Waals surface area (Å²) >= 11 is 1.26. The van der Waals surface area contributed by atoms with Crippen LogP contribution in [-0.4, -0.2) is 14.2 Å². The highest BCUT2D eigenvalue weighted by atomic mass is 32.1. The molecule has 0 radical (unpaired) electrons. The van der Waals surface area contributed by atoms with Gasteiger partial charge in [0.2, 0.25) is 0 Å². The lowest BCUT2D eigenvalue weighted by Crippen LogP contribution is -2.38. The van der Waals surface area contributed by atoms with Crippen LogP contribution in [0.25, 0.3) is 21.2 Å². The molecule has 0 saturated carbocycles. The zero-order valence-electron chi connectivity index (χ0n) is 15.3. The fourth-order valence-electron chi connectivity index (χ4n) is 3.23. The van der Waals surface area contributed by atoms with Gasteiger partial charge in [-0.2, -0.15) is 0 Å². The van der Waals surface area contributed by atoms with Crippen LogP contribution in [0.3, 0.4) is 0 Å². The van der Waals surface area contributed by atoms with Crippen molar-refractivity contribution < 1.29 is 9.52 Å². The normalized spacial score (nSPS) is 13.1. The lowest BCUT2D eigenvalue weighted by atomic mass is 10.2. The number of hydrogen-bond acceptors (Lipinski definition) is 5. The van der Waals surface area contributed by atoms with Crippen LogP contribution < -0.4 is 11.2 Å². The molecular weight excluding hydrogens is 364 g/mol. The number of aliphatic hydroxyl groups is 1. The molecule has 140 valence electrons. The molecule has 1 atom stereocenters. The van der Waals surface area contributed by atoms with Crippen molar-refractivity contribution in [2.75, 3.05) is 0 Å². The highest BCUT2D eigenvalue weighted by Gasteiger charge is 2.22. The van der Waals surface area contributed by atoms with Gasteiger partial charge in [-0.25, -0.2) is 4.79 Å². The second kappa shape index (κ2) is 6.51. The maximum Gasteiger partial charge on any atom is 0.331 e. The minimum atomic E-state index is -0.998. The predicted octanol–water partition coefficient (Wildman–Crippen LogP) is 3.25. The molecule has 1 unspecified atom stereocenters. The van der Waals surface area contributed by atoms with Crippen LogP contribution >= 0.6 is 11.3 Å². The van der Waals surface area contributed by atoms with E-state index < -0.39 is 6.10 Å². The molecular formula is C20H20N2O4S. The Bertz CT molecular complexity index is 1230. The number of para-hydroxylation sites is 1. The molecule has 3 heterocycles. The number of hydrogen-bond donors (Lipinski definition) is 1. The van der Waals surface area contributed by atoms with Crippen LogP contribution in [0.15, 0.2) is 50.4 Å². The first-order valence-electron chi connectivity index (χ1n) is 8.76. The fraction of sp³-hybridized carbons (Fsp3) is 0.300. The van der Waals surface area contributed by atoms with Crippen molar-refractivity contribution >= 4 is 32.5 Å². The number of aliphatic hydroxyl groups excluding tert-OH is 1. The molecule has 0 spiro atoms. The number of aromatic nitrogens is 2. The predicted molar refractivity (Wildman–Crippen MR) is 106 cm³/mol. The highest BCUT2D eigenvalue weighted by Crippen LogP contribution is 2.34. The maximum atomic E-state index is 12.6. The molecule has 3 aromatic heterocycles. The molecule has 27 heavy (non-hydrogen) atoms. The van der Waals surface area contributed by atoms with E-state index in [0.29, 0.717) is 33.0 Å². The highest BCUT2D eigenvalue weighted by molar-refractivity contribution is 7.18. The summed E-state index contributed by atoms with van der Waals surface area (Å²) in [6.45, 7) is 4.53. The van der Waals surface area contributed by atoms with Crippen LogP contribution in [0.5, 0.6) is 0 Å². The average molecular weight is 384 g/mol. The van der Waals surface area contributed by atoms with Gasteiger partial charge in [-0.1, -0.05) is 32.0 Å². The largest absolute Gasteiger partial charge is 0.458 e. The summed E-state index contributed by atoms with van der Waals surface area (Å²) in [6.07, 6.45) is -0.998. The van der Waals surface area contributed by atoms with E-state index in [1.54, 1.807) is 16.7 Å². The summed E-state index contributed by atoms with van der Waals surface area (Å²) < 4.78 is 8.49. The van der Waals surface area contributed by atoms with Crippen molar-refractivity contribution in [3.63, 3.8) is 0 Å². The van der Waals surface area contributed by atoms with E-state index in [2.05, 4.69) is 0 Å². The van der Waals surface area contributed by atoms with Crippen molar-refractivity contribution in [3.05, 3.63) is 67.9 Å². The Labute approximate surface area is 158 Å². The van der Waals surface area contributed by atoms with Gasteiger partial charge in [0.15, 0.2) is 0 Å². The topological polar surface area (TPSA) is 77.4 Å². The average Bonchev–Trinajstić information content (AvgIpc) is 3.27. The second-order valence-corrected chi connectivity index (χ2v) is 8.17. The Hall–Kier alpha value is -2.64. The molecule has 0 saturated heterocycles. The first-order chi connectivity index (χ1) is 12.9. The van der Waals surface area contributed by atoms with Gasteiger partial charge in [-0.15, -0.1) is 11.3 Å². The summed E-state index contributed by atoms with van der Waals surface area (Å²) in [5, 5.41) is 12.2. The van der Waals surface area contributed by atoms with E-state index in [1.807, 2.05) is 38.1 Å². The van der Waals surface area contributed by atoms with Gasteiger partial charge in [0, 0.05) is 23.9 Å². The SMILES string of the molecule is CC(C)Cn1c(=O)n(C)c(=O)c2cc(C(O)c3cc4ccccc4o3)sc21. The van der Waals surface area contributed by atoms with Crippen molar-refractivity contribution in [2.45, 2.75) is 26.5 Å². The van der Waals surface area contributed by atoms with Crippen molar-refractivity contribution in [3.8, 4) is 0 Å². The number of furan rings is 1. The molecule has 0 bridgehead atoms. The molecule has 1 N–H and O–H groups in total. The van der Waals surface area contributed by atoms with Crippen LogP contribution in [0.4, 0.5) is 0 Å². The third kappa shape index (κ3) is 2.93. The minimum absolute atomic E-state index is 0.245. The van der Waals surface area contributed by atoms with Crippen LogP contribution in [-0.2, 0) is 13.6 Å². The summed E-state index contributed by atoms with van der Waals surface area (Å²) in [5.74, 6) is 0.659. The summed E-state index contributed by atoms with van der Waals surface area (Å²) in [6, 6.07) is 11.0.